The molecule has 45 heavy (non-hydrogen) atoms. The van der Waals surface area contributed by atoms with Gasteiger partial charge in [-0.3, -0.25) is 9.69 Å². The van der Waals surface area contributed by atoms with Crippen LogP contribution in [0.5, 0.6) is 23.0 Å². The van der Waals surface area contributed by atoms with Crippen molar-refractivity contribution in [1.29, 1.82) is 0 Å². The summed E-state index contributed by atoms with van der Waals surface area (Å²) in [6, 6.07) is 29.3. The van der Waals surface area contributed by atoms with Gasteiger partial charge in [0.15, 0.2) is 0 Å². The Labute approximate surface area is 263 Å². The average Bonchev–Trinajstić information content (AvgIpc) is 3.44. The summed E-state index contributed by atoms with van der Waals surface area (Å²) in [5, 5.41) is 21.8. The zero-order valence-corrected chi connectivity index (χ0v) is 25.9. The molecule has 1 aliphatic rings. The molecule has 0 spiro atoms. The van der Waals surface area contributed by atoms with Crippen molar-refractivity contribution in [2.45, 2.75) is 23.7 Å². The second kappa shape index (κ2) is 13.6. The Hall–Kier alpha value is -4.57. The molecule has 1 heterocycles. The van der Waals surface area contributed by atoms with Gasteiger partial charge in [-0.05, 0) is 70.8 Å². The molecule has 4 aromatic carbocycles. The number of hydrogen-bond acceptors (Lipinski definition) is 8. The fourth-order valence-electron chi connectivity index (χ4n) is 6.09. The summed E-state index contributed by atoms with van der Waals surface area (Å²) in [5.41, 5.74) is 0.768. The van der Waals surface area contributed by atoms with Crippen LogP contribution in [0.4, 0.5) is 0 Å². The lowest BCUT2D eigenvalue weighted by molar-refractivity contribution is -0.142. The maximum Gasteiger partial charge on any atom is 0.321 e. The van der Waals surface area contributed by atoms with Crippen LogP contribution >= 0.6 is 0 Å². The average molecular weight is 614 g/mol. The Morgan fingerprint density at radius 2 is 1.09 bits per heavy atom. The Morgan fingerprint density at radius 1 is 0.711 bits per heavy atom. The molecule has 0 amide bonds. The minimum absolute atomic E-state index is 0.0508. The number of likely N-dealkylation sites (tertiary alicyclic amines) is 1. The molecule has 5 rings (SSSR count). The number of ether oxygens (including phenoxy) is 5. The first-order valence-corrected chi connectivity index (χ1v) is 14.7. The van der Waals surface area contributed by atoms with Gasteiger partial charge < -0.3 is 33.9 Å². The molecule has 1 saturated heterocycles. The quantitative estimate of drug-likeness (QED) is 0.200. The SMILES string of the molecule is COc1ccc(C(OCCN2C[C@@](O)(c3ccc(OC)cc3)C[C@@H]2C(=O)O)(c2ccc(OC)cc2)c2ccc(OC)cc2)cc1. The minimum Gasteiger partial charge on any atom is -0.497 e. The molecule has 1 aliphatic heterocycles. The molecule has 0 unspecified atom stereocenters. The summed E-state index contributed by atoms with van der Waals surface area (Å²) in [5.74, 6) is 1.78. The number of rotatable bonds is 13. The van der Waals surface area contributed by atoms with E-state index < -0.39 is 23.2 Å². The number of hydrogen-bond donors (Lipinski definition) is 2. The number of carboxylic acid groups (broad SMARTS) is 1. The fraction of sp³-hybridized carbons (Fsp3) is 0.306. The molecule has 9 heteroatoms. The number of nitrogens with zero attached hydrogens (tertiary/aromatic N) is 1. The van der Waals surface area contributed by atoms with E-state index in [0.717, 1.165) is 16.7 Å². The molecule has 1 fully saturated rings. The molecule has 0 saturated carbocycles. The van der Waals surface area contributed by atoms with E-state index in [1.165, 1.54) is 0 Å². The Morgan fingerprint density at radius 3 is 1.44 bits per heavy atom. The van der Waals surface area contributed by atoms with Gasteiger partial charge >= 0.3 is 5.97 Å². The van der Waals surface area contributed by atoms with E-state index in [4.69, 9.17) is 23.7 Å². The summed E-state index contributed by atoms with van der Waals surface area (Å²) < 4.78 is 28.5. The van der Waals surface area contributed by atoms with Crippen molar-refractivity contribution >= 4 is 5.97 Å². The van der Waals surface area contributed by atoms with Gasteiger partial charge in [0.05, 0.1) is 35.0 Å². The van der Waals surface area contributed by atoms with Crippen molar-refractivity contribution in [3.8, 4) is 23.0 Å². The van der Waals surface area contributed by atoms with Crippen molar-refractivity contribution in [2.75, 3.05) is 48.1 Å². The lowest BCUT2D eigenvalue weighted by atomic mass is 9.80. The van der Waals surface area contributed by atoms with Gasteiger partial charge in [0, 0.05) is 19.5 Å². The van der Waals surface area contributed by atoms with E-state index in [-0.39, 0.29) is 26.1 Å². The van der Waals surface area contributed by atoms with E-state index in [1.807, 2.05) is 72.8 Å². The molecule has 0 aromatic heterocycles. The second-order valence-electron chi connectivity index (χ2n) is 11.0. The largest absolute Gasteiger partial charge is 0.497 e. The number of carboxylic acids is 1. The maximum atomic E-state index is 12.4. The lowest BCUT2D eigenvalue weighted by Crippen LogP contribution is -2.41. The first kappa shape index (κ1) is 31.8. The lowest BCUT2D eigenvalue weighted by Gasteiger charge is -2.37. The molecule has 0 aliphatic carbocycles. The molecule has 0 radical (unpaired) electrons. The summed E-state index contributed by atoms with van der Waals surface area (Å²) in [6.45, 7) is 0.562. The highest BCUT2D eigenvalue weighted by Gasteiger charge is 2.47. The van der Waals surface area contributed by atoms with Crippen LogP contribution in [-0.2, 0) is 20.7 Å². The summed E-state index contributed by atoms with van der Waals surface area (Å²) in [6.07, 6.45) is 0.0508. The van der Waals surface area contributed by atoms with Gasteiger partial charge in [-0.2, -0.15) is 0 Å². The minimum atomic E-state index is -1.34. The predicted octanol–water partition coefficient (Wildman–Crippen LogP) is 5.08. The number of β-amino-alcohol motifs (C(OH)–C–C–N with tert-alkyl or cyclic N) is 1. The molecule has 0 bridgehead atoms. The third-order valence-electron chi connectivity index (χ3n) is 8.54. The Bertz CT molecular complexity index is 1440. The monoisotopic (exact) mass is 613 g/mol. The molecular formula is C36H39NO8. The van der Waals surface area contributed by atoms with Crippen LogP contribution in [-0.4, -0.2) is 75.3 Å². The second-order valence-corrected chi connectivity index (χ2v) is 11.0. The molecule has 9 nitrogen and oxygen atoms in total. The normalized spacial score (nSPS) is 18.4. The summed E-state index contributed by atoms with van der Waals surface area (Å²) in [4.78, 5) is 14.2. The summed E-state index contributed by atoms with van der Waals surface area (Å²) >= 11 is 0. The zero-order chi connectivity index (χ0) is 32.0. The van der Waals surface area contributed by atoms with Crippen LogP contribution in [0.25, 0.3) is 0 Å². The van der Waals surface area contributed by atoms with Crippen molar-refractivity contribution < 1.29 is 38.7 Å². The fourth-order valence-corrected chi connectivity index (χ4v) is 6.09. The predicted molar refractivity (Wildman–Crippen MR) is 169 cm³/mol. The van der Waals surface area contributed by atoms with Crippen LogP contribution in [0, 0.1) is 0 Å². The van der Waals surface area contributed by atoms with Gasteiger partial charge in [0.2, 0.25) is 0 Å². The Balaban J connectivity index is 1.51. The molecule has 236 valence electrons. The number of aliphatic hydroxyl groups is 1. The molecule has 2 N–H and O–H groups in total. The zero-order valence-electron chi connectivity index (χ0n) is 25.9. The molecular weight excluding hydrogens is 574 g/mol. The van der Waals surface area contributed by atoms with Gasteiger partial charge in [-0.15, -0.1) is 0 Å². The van der Waals surface area contributed by atoms with Crippen molar-refractivity contribution in [2.24, 2.45) is 0 Å². The van der Waals surface area contributed by atoms with Crippen molar-refractivity contribution in [1.82, 2.24) is 4.90 Å². The van der Waals surface area contributed by atoms with Gasteiger partial charge in [0.25, 0.3) is 0 Å². The van der Waals surface area contributed by atoms with Gasteiger partial charge in [-0.25, -0.2) is 0 Å². The highest BCUT2D eigenvalue weighted by Crippen LogP contribution is 2.43. The first-order chi connectivity index (χ1) is 21.8. The molecule has 4 aromatic rings. The van der Waals surface area contributed by atoms with Crippen molar-refractivity contribution in [3.05, 3.63) is 119 Å². The third kappa shape index (κ3) is 6.47. The summed E-state index contributed by atoms with van der Waals surface area (Å²) in [7, 11) is 6.43. The van der Waals surface area contributed by atoms with E-state index in [2.05, 4.69) is 0 Å². The van der Waals surface area contributed by atoms with E-state index >= 15 is 0 Å². The molecule has 2 atom stereocenters. The number of benzene rings is 4. The highest BCUT2D eigenvalue weighted by molar-refractivity contribution is 5.74. The smallest absolute Gasteiger partial charge is 0.321 e. The number of methoxy groups -OCH3 is 4. The van der Waals surface area contributed by atoms with Crippen LogP contribution in [0.3, 0.4) is 0 Å². The standard InChI is InChI=1S/C36H39NO8/c1-41-29-13-5-25(6-14-29)35(40)23-33(34(38)39)37(24-35)21-22-45-36(26-7-15-30(42-2)16-8-26,27-9-17-31(43-3)18-10-27)28-11-19-32(44-4)20-12-28/h5-20,33,40H,21-24H2,1-4H3,(H,38,39)/t33-,35-/m1/s1. The van der Waals surface area contributed by atoms with Gasteiger partial charge in [0.1, 0.15) is 40.2 Å². The highest BCUT2D eigenvalue weighted by atomic mass is 16.5. The number of carbonyl (C=O) groups is 1. The van der Waals surface area contributed by atoms with Crippen LogP contribution in [0.15, 0.2) is 97.1 Å². The topological polar surface area (TPSA) is 107 Å². The van der Waals surface area contributed by atoms with Crippen molar-refractivity contribution in [3.63, 3.8) is 0 Å². The van der Waals surface area contributed by atoms with E-state index in [9.17, 15) is 15.0 Å². The van der Waals surface area contributed by atoms with Gasteiger partial charge in [-0.1, -0.05) is 48.5 Å². The van der Waals surface area contributed by atoms with Crippen LogP contribution in [0.2, 0.25) is 0 Å². The maximum absolute atomic E-state index is 12.4. The van der Waals surface area contributed by atoms with E-state index in [1.54, 1.807) is 57.6 Å². The Kier molecular flexibility index (Phi) is 9.63. The third-order valence-corrected chi connectivity index (χ3v) is 8.54. The number of aliphatic carboxylic acids is 1. The van der Waals surface area contributed by atoms with E-state index in [0.29, 0.717) is 28.6 Å². The van der Waals surface area contributed by atoms with Crippen LogP contribution in [0.1, 0.15) is 28.7 Å². The first-order valence-electron chi connectivity index (χ1n) is 14.7. The van der Waals surface area contributed by atoms with Crippen LogP contribution < -0.4 is 18.9 Å².